The van der Waals surface area contributed by atoms with E-state index in [1.165, 1.54) is 5.56 Å². The first-order chi connectivity index (χ1) is 16.3. The van der Waals surface area contributed by atoms with Crippen molar-refractivity contribution in [3.05, 3.63) is 91.7 Å². The Bertz CT molecular complexity index is 1170. The summed E-state index contributed by atoms with van der Waals surface area (Å²) < 4.78 is 1.63. The molecule has 4 rings (SSSR count). The molecule has 178 valence electrons. The van der Waals surface area contributed by atoms with Gasteiger partial charge in [0.05, 0.1) is 11.5 Å². The molecule has 2 aromatic carbocycles. The lowest BCUT2D eigenvalue weighted by Crippen LogP contribution is -2.35. The van der Waals surface area contributed by atoms with Gasteiger partial charge in [0.2, 0.25) is 0 Å². The number of carbonyl (C=O) groups excluding carboxylic acids is 1. The van der Waals surface area contributed by atoms with Crippen molar-refractivity contribution in [1.29, 1.82) is 0 Å². The number of amides is 1. The lowest BCUT2D eigenvalue weighted by molar-refractivity contribution is -0.386. The lowest BCUT2D eigenvalue weighted by Gasteiger charge is -2.22. The molecule has 0 bridgehead atoms. The minimum absolute atomic E-state index is 0.0293. The Hall–Kier alpha value is -3.23. The minimum atomic E-state index is -0.395. The molecule has 1 aliphatic heterocycles. The zero-order chi connectivity index (χ0) is 24.2. The van der Waals surface area contributed by atoms with Crippen LogP contribution in [0.1, 0.15) is 39.3 Å². The molecule has 0 unspecified atom stereocenters. The summed E-state index contributed by atoms with van der Waals surface area (Å²) in [4.78, 5) is 28.2. The quantitative estimate of drug-likeness (QED) is 0.383. The van der Waals surface area contributed by atoms with Gasteiger partial charge in [-0.15, -0.1) is 0 Å². The second-order valence-corrected chi connectivity index (χ2v) is 9.12. The number of halogens is 1. The summed E-state index contributed by atoms with van der Waals surface area (Å²) in [5.74, 6) is 0.0293. The predicted octanol–water partition coefficient (Wildman–Crippen LogP) is 4.46. The highest BCUT2D eigenvalue weighted by molar-refractivity contribution is 6.30. The third kappa shape index (κ3) is 5.46. The number of hydrogen-bond donors (Lipinski definition) is 0. The van der Waals surface area contributed by atoms with Crippen molar-refractivity contribution in [2.75, 3.05) is 26.2 Å². The fourth-order valence-corrected chi connectivity index (χ4v) is 4.52. The Kier molecular flexibility index (Phi) is 7.29. The molecule has 8 nitrogen and oxygen atoms in total. The van der Waals surface area contributed by atoms with E-state index in [0.29, 0.717) is 30.0 Å². The van der Waals surface area contributed by atoms with E-state index < -0.39 is 4.92 Å². The standard InChI is InChI=1S/C25H28ClN5O3/c1-18-24(31(33)34)19(2)30(27-18)17-21-4-8-22(9-5-21)25(32)29-13-3-12-28(14-15-29)16-20-6-10-23(26)11-7-20/h4-11H,3,12-17H2,1-2H3. The minimum Gasteiger partial charge on any atom is -0.337 e. The topological polar surface area (TPSA) is 84.5 Å². The first kappa shape index (κ1) is 23.9. The van der Waals surface area contributed by atoms with Gasteiger partial charge in [0.15, 0.2) is 0 Å². The summed E-state index contributed by atoms with van der Waals surface area (Å²) in [6, 6.07) is 15.3. The van der Waals surface area contributed by atoms with Crippen LogP contribution in [0.5, 0.6) is 0 Å². The van der Waals surface area contributed by atoms with Crippen LogP contribution in [0.3, 0.4) is 0 Å². The predicted molar refractivity (Wildman–Crippen MR) is 131 cm³/mol. The molecule has 0 spiro atoms. The van der Waals surface area contributed by atoms with Crippen LogP contribution in [0.15, 0.2) is 48.5 Å². The van der Waals surface area contributed by atoms with Crippen molar-refractivity contribution >= 4 is 23.2 Å². The Morgan fingerprint density at radius 3 is 2.26 bits per heavy atom. The van der Waals surface area contributed by atoms with Gasteiger partial charge in [0.25, 0.3) is 5.91 Å². The average molecular weight is 482 g/mol. The van der Waals surface area contributed by atoms with Gasteiger partial charge in [-0.2, -0.15) is 5.10 Å². The van der Waals surface area contributed by atoms with Gasteiger partial charge in [-0.3, -0.25) is 24.5 Å². The number of nitro groups is 1. The average Bonchev–Trinajstić information content (AvgIpc) is 2.96. The third-order valence-corrected chi connectivity index (χ3v) is 6.51. The highest BCUT2D eigenvalue weighted by atomic mass is 35.5. The molecule has 1 amide bonds. The molecule has 1 aromatic heterocycles. The Morgan fingerprint density at radius 1 is 0.971 bits per heavy atom. The van der Waals surface area contributed by atoms with Crippen molar-refractivity contribution in [2.45, 2.75) is 33.4 Å². The zero-order valence-corrected chi connectivity index (χ0v) is 20.2. The summed E-state index contributed by atoms with van der Waals surface area (Å²) in [5.41, 5.74) is 3.78. The van der Waals surface area contributed by atoms with Crippen molar-refractivity contribution in [1.82, 2.24) is 19.6 Å². The molecule has 0 N–H and O–H groups in total. The molecule has 0 radical (unpaired) electrons. The Labute approximate surface area is 203 Å². The molecule has 0 saturated carbocycles. The van der Waals surface area contributed by atoms with Gasteiger partial charge < -0.3 is 4.90 Å². The molecule has 34 heavy (non-hydrogen) atoms. The maximum atomic E-state index is 13.1. The zero-order valence-electron chi connectivity index (χ0n) is 19.4. The fourth-order valence-electron chi connectivity index (χ4n) is 4.39. The van der Waals surface area contributed by atoms with Crippen LogP contribution < -0.4 is 0 Å². The van der Waals surface area contributed by atoms with Crippen LogP contribution in [0.4, 0.5) is 5.69 Å². The second-order valence-electron chi connectivity index (χ2n) is 8.68. The van der Waals surface area contributed by atoms with E-state index in [4.69, 9.17) is 11.6 Å². The molecular formula is C25H28ClN5O3. The number of carbonyl (C=O) groups is 1. The van der Waals surface area contributed by atoms with E-state index in [2.05, 4.69) is 10.00 Å². The van der Waals surface area contributed by atoms with Gasteiger partial charge in [0, 0.05) is 43.3 Å². The first-order valence-corrected chi connectivity index (χ1v) is 11.7. The van der Waals surface area contributed by atoms with E-state index in [1.54, 1.807) is 18.5 Å². The number of rotatable bonds is 6. The molecule has 3 aromatic rings. The molecular weight excluding hydrogens is 454 g/mol. The maximum Gasteiger partial charge on any atom is 0.312 e. The Balaban J connectivity index is 1.36. The van der Waals surface area contributed by atoms with Gasteiger partial charge in [0.1, 0.15) is 11.4 Å². The number of hydrogen-bond acceptors (Lipinski definition) is 5. The van der Waals surface area contributed by atoms with Crippen LogP contribution in [-0.4, -0.2) is 56.6 Å². The smallest absolute Gasteiger partial charge is 0.312 e. The summed E-state index contributed by atoms with van der Waals surface area (Å²) in [6.45, 7) is 7.78. The van der Waals surface area contributed by atoms with Crippen molar-refractivity contribution in [2.24, 2.45) is 0 Å². The fraction of sp³-hybridized carbons (Fsp3) is 0.360. The monoisotopic (exact) mass is 481 g/mol. The van der Waals surface area contributed by atoms with Crippen molar-refractivity contribution in [3.63, 3.8) is 0 Å². The number of nitrogens with zero attached hydrogens (tertiary/aromatic N) is 5. The van der Waals surface area contributed by atoms with Crippen LogP contribution in [0.2, 0.25) is 5.02 Å². The van der Waals surface area contributed by atoms with E-state index in [9.17, 15) is 14.9 Å². The molecule has 0 aliphatic carbocycles. The van der Waals surface area contributed by atoms with Crippen molar-refractivity contribution < 1.29 is 9.72 Å². The van der Waals surface area contributed by atoms with E-state index in [1.807, 2.05) is 53.4 Å². The Morgan fingerprint density at radius 2 is 1.62 bits per heavy atom. The largest absolute Gasteiger partial charge is 0.337 e. The van der Waals surface area contributed by atoms with E-state index in [-0.39, 0.29) is 11.6 Å². The maximum absolute atomic E-state index is 13.1. The summed E-state index contributed by atoms with van der Waals surface area (Å²) in [7, 11) is 0. The van der Waals surface area contributed by atoms with E-state index in [0.717, 1.165) is 43.2 Å². The normalized spacial score (nSPS) is 14.7. The SMILES string of the molecule is Cc1nn(Cc2ccc(C(=O)N3CCCN(Cc4ccc(Cl)cc4)CC3)cc2)c(C)c1[N+](=O)[O-]. The molecule has 9 heteroatoms. The lowest BCUT2D eigenvalue weighted by atomic mass is 10.1. The van der Waals surface area contributed by atoms with Crippen LogP contribution in [-0.2, 0) is 13.1 Å². The van der Waals surface area contributed by atoms with Gasteiger partial charge >= 0.3 is 5.69 Å². The highest BCUT2D eigenvalue weighted by Crippen LogP contribution is 2.23. The molecule has 0 atom stereocenters. The van der Waals surface area contributed by atoms with Crippen LogP contribution >= 0.6 is 11.6 Å². The van der Waals surface area contributed by atoms with Gasteiger partial charge in [-0.25, -0.2) is 0 Å². The molecule has 1 aliphatic rings. The summed E-state index contributed by atoms with van der Waals surface area (Å²) >= 11 is 5.98. The molecule has 1 saturated heterocycles. The number of aromatic nitrogens is 2. The van der Waals surface area contributed by atoms with Gasteiger partial charge in [-0.1, -0.05) is 35.9 Å². The molecule has 2 heterocycles. The molecule has 1 fully saturated rings. The number of aryl methyl sites for hydroxylation is 1. The summed E-state index contributed by atoms with van der Waals surface area (Å²) in [5, 5.41) is 16.3. The summed E-state index contributed by atoms with van der Waals surface area (Å²) in [6.07, 6.45) is 0.925. The van der Waals surface area contributed by atoms with Crippen LogP contribution in [0, 0.1) is 24.0 Å². The second kappa shape index (κ2) is 10.4. The number of benzene rings is 2. The highest BCUT2D eigenvalue weighted by Gasteiger charge is 2.23. The van der Waals surface area contributed by atoms with Gasteiger partial charge in [-0.05, 0) is 55.7 Å². The first-order valence-electron chi connectivity index (χ1n) is 11.3. The van der Waals surface area contributed by atoms with Crippen LogP contribution in [0.25, 0.3) is 0 Å². The van der Waals surface area contributed by atoms with Crippen molar-refractivity contribution in [3.8, 4) is 0 Å². The van der Waals surface area contributed by atoms with E-state index >= 15 is 0 Å². The third-order valence-electron chi connectivity index (χ3n) is 6.25.